The molecule has 0 radical (unpaired) electrons. The normalized spacial score (nSPS) is 14.4. The summed E-state index contributed by atoms with van der Waals surface area (Å²) >= 11 is 0. The molecule has 1 rings (SSSR count). The average Bonchev–Trinajstić information content (AvgIpc) is 2.39. The van der Waals surface area contributed by atoms with Gasteiger partial charge < -0.3 is 14.8 Å². The third-order valence-corrected chi connectivity index (χ3v) is 2.63. The van der Waals surface area contributed by atoms with Gasteiger partial charge >= 0.3 is 5.97 Å². The number of dihydropyridines is 1. The standard InChI is InChI=1S/C11H15NO3.C3H8O/c1-4-15-11(14)10-5-9(6-13)7(2)12-8(10)3;1-3-4-2/h6,12H,4-5H2,1-3H3;3H2,1-2H3. The van der Waals surface area contributed by atoms with E-state index < -0.39 is 0 Å². The van der Waals surface area contributed by atoms with Crippen LogP contribution in [-0.4, -0.2) is 32.6 Å². The zero-order valence-electron chi connectivity index (χ0n) is 12.3. The third kappa shape index (κ3) is 5.70. The number of hydrogen-bond acceptors (Lipinski definition) is 5. The number of aldehydes is 1. The Kier molecular flexibility index (Phi) is 8.53. The lowest BCUT2D eigenvalue weighted by Crippen LogP contribution is -2.23. The molecule has 1 heterocycles. The van der Waals surface area contributed by atoms with Crippen molar-refractivity contribution in [3.63, 3.8) is 0 Å². The van der Waals surface area contributed by atoms with E-state index in [0.29, 0.717) is 24.2 Å². The Morgan fingerprint density at radius 2 is 1.84 bits per heavy atom. The largest absolute Gasteiger partial charge is 0.463 e. The zero-order chi connectivity index (χ0) is 14.8. The minimum Gasteiger partial charge on any atom is -0.463 e. The quantitative estimate of drug-likeness (QED) is 0.624. The third-order valence-electron chi connectivity index (χ3n) is 2.63. The summed E-state index contributed by atoms with van der Waals surface area (Å²) in [5.41, 5.74) is 2.69. The summed E-state index contributed by atoms with van der Waals surface area (Å²) in [7, 11) is 1.68. The van der Waals surface area contributed by atoms with Gasteiger partial charge in [-0.2, -0.15) is 0 Å². The molecular formula is C14H23NO4. The highest BCUT2D eigenvalue weighted by Crippen LogP contribution is 2.22. The number of hydrogen-bond donors (Lipinski definition) is 1. The van der Waals surface area contributed by atoms with Crippen LogP contribution in [0, 0.1) is 0 Å². The highest BCUT2D eigenvalue weighted by Gasteiger charge is 2.21. The van der Waals surface area contributed by atoms with Crippen molar-refractivity contribution in [3.05, 3.63) is 22.5 Å². The fraction of sp³-hybridized carbons (Fsp3) is 0.571. The molecule has 0 aromatic carbocycles. The van der Waals surface area contributed by atoms with Crippen molar-refractivity contribution in [2.45, 2.75) is 34.1 Å². The first-order valence-corrected chi connectivity index (χ1v) is 6.29. The molecule has 0 amide bonds. The number of carbonyl (C=O) groups is 2. The van der Waals surface area contributed by atoms with Crippen LogP contribution >= 0.6 is 0 Å². The Labute approximate surface area is 114 Å². The Hall–Kier alpha value is -1.62. The monoisotopic (exact) mass is 269 g/mol. The molecule has 0 aromatic rings. The number of rotatable bonds is 4. The SMILES string of the molecule is CCOC.CCOC(=O)C1=C(C)NC(C)=C(C=O)C1. The summed E-state index contributed by atoms with van der Waals surface area (Å²) in [5, 5.41) is 3.00. The van der Waals surface area contributed by atoms with E-state index in [2.05, 4.69) is 10.1 Å². The van der Waals surface area contributed by atoms with Gasteiger partial charge in [-0.15, -0.1) is 0 Å². The van der Waals surface area contributed by atoms with Crippen molar-refractivity contribution in [1.29, 1.82) is 0 Å². The van der Waals surface area contributed by atoms with Crippen LogP contribution in [0.3, 0.4) is 0 Å². The number of allylic oxidation sites excluding steroid dienone is 3. The van der Waals surface area contributed by atoms with Crippen molar-refractivity contribution in [3.8, 4) is 0 Å². The van der Waals surface area contributed by atoms with E-state index in [9.17, 15) is 9.59 Å². The van der Waals surface area contributed by atoms with Gasteiger partial charge in [-0.3, -0.25) is 4.79 Å². The van der Waals surface area contributed by atoms with Gasteiger partial charge in [0, 0.05) is 37.1 Å². The van der Waals surface area contributed by atoms with Crippen LogP contribution in [0.25, 0.3) is 0 Å². The van der Waals surface area contributed by atoms with Crippen molar-refractivity contribution >= 4 is 12.3 Å². The lowest BCUT2D eigenvalue weighted by atomic mass is 9.99. The Bertz CT molecular complexity index is 381. The summed E-state index contributed by atoms with van der Waals surface area (Å²) in [5.74, 6) is -0.352. The van der Waals surface area contributed by atoms with Crippen LogP contribution in [0.4, 0.5) is 0 Å². The molecule has 0 saturated carbocycles. The second-order valence-electron chi connectivity index (χ2n) is 3.97. The van der Waals surface area contributed by atoms with Gasteiger partial charge in [-0.25, -0.2) is 4.79 Å². The molecule has 5 heteroatoms. The molecule has 0 aromatic heterocycles. The maximum Gasteiger partial charge on any atom is 0.336 e. The smallest absolute Gasteiger partial charge is 0.336 e. The molecule has 0 atom stereocenters. The van der Waals surface area contributed by atoms with E-state index in [1.54, 1.807) is 21.0 Å². The van der Waals surface area contributed by atoms with Gasteiger partial charge in [0.05, 0.1) is 12.2 Å². The van der Waals surface area contributed by atoms with Crippen LogP contribution in [-0.2, 0) is 19.1 Å². The van der Waals surface area contributed by atoms with Crippen LogP contribution in [0.1, 0.15) is 34.1 Å². The van der Waals surface area contributed by atoms with E-state index in [0.717, 1.165) is 24.3 Å². The summed E-state index contributed by atoms with van der Waals surface area (Å²) in [6.07, 6.45) is 1.13. The molecule has 1 N–H and O–H groups in total. The topological polar surface area (TPSA) is 64.6 Å². The molecule has 19 heavy (non-hydrogen) atoms. The fourth-order valence-electron chi connectivity index (χ4n) is 1.47. The highest BCUT2D eigenvalue weighted by atomic mass is 16.5. The van der Waals surface area contributed by atoms with E-state index in [4.69, 9.17) is 4.74 Å². The number of esters is 1. The van der Waals surface area contributed by atoms with Crippen molar-refractivity contribution < 1.29 is 19.1 Å². The minimum absolute atomic E-state index is 0.342. The summed E-state index contributed by atoms with van der Waals surface area (Å²) in [6.45, 7) is 8.49. The van der Waals surface area contributed by atoms with E-state index in [1.165, 1.54) is 0 Å². The summed E-state index contributed by atoms with van der Waals surface area (Å²) < 4.78 is 9.45. The fourth-order valence-corrected chi connectivity index (χ4v) is 1.47. The van der Waals surface area contributed by atoms with Gasteiger partial charge in [0.15, 0.2) is 0 Å². The van der Waals surface area contributed by atoms with E-state index in [1.807, 2.05) is 13.8 Å². The first-order valence-electron chi connectivity index (χ1n) is 6.29. The van der Waals surface area contributed by atoms with Crippen LogP contribution in [0.15, 0.2) is 22.5 Å². The summed E-state index contributed by atoms with van der Waals surface area (Å²) in [6, 6.07) is 0. The Morgan fingerprint density at radius 3 is 2.26 bits per heavy atom. The Balaban J connectivity index is 0.000000711. The molecule has 1 aliphatic heterocycles. The Morgan fingerprint density at radius 1 is 1.26 bits per heavy atom. The van der Waals surface area contributed by atoms with Gasteiger partial charge in [0.1, 0.15) is 6.29 Å². The molecule has 0 aliphatic carbocycles. The van der Waals surface area contributed by atoms with E-state index in [-0.39, 0.29) is 5.97 Å². The summed E-state index contributed by atoms with van der Waals surface area (Å²) in [4.78, 5) is 22.2. The highest BCUT2D eigenvalue weighted by molar-refractivity contribution is 5.92. The lowest BCUT2D eigenvalue weighted by Gasteiger charge is -2.20. The van der Waals surface area contributed by atoms with Crippen LogP contribution in [0.2, 0.25) is 0 Å². The average molecular weight is 269 g/mol. The molecule has 0 unspecified atom stereocenters. The van der Waals surface area contributed by atoms with E-state index >= 15 is 0 Å². The number of carbonyl (C=O) groups excluding carboxylic acids is 2. The van der Waals surface area contributed by atoms with Crippen molar-refractivity contribution in [2.75, 3.05) is 20.3 Å². The lowest BCUT2D eigenvalue weighted by molar-refractivity contribution is -0.138. The number of methoxy groups -OCH3 is 1. The molecule has 0 fully saturated rings. The maximum atomic E-state index is 11.5. The second-order valence-corrected chi connectivity index (χ2v) is 3.97. The molecule has 0 spiro atoms. The number of ether oxygens (including phenoxy) is 2. The molecule has 108 valence electrons. The first-order chi connectivity index (χ1) is 9.01. The predicted molar refractivity (Wildman–Crippen MR) is 73.4 cm³/mol. The zero-order valence-corrected chi connectivity index (χ0v) is 12.3. The number of nitrogens with one attached hydrogen (secondary N) is 1. The van der Waals surface area contributed by atoms with Crippen LogP contribution in [0.5, 0.6) is 0 Å². The molecule has 1 aliphatic rings. The van der Waals surface area contributed by atoms with Crippen LogP contribution < -0.4 is 5.32 Å². The maximum absolute atomic E-state index is 11.5. The molecule has 0 bridgehead atoms. The van der Waals surface area contributed by atoms with Crippen molar-refractivity contribution in [1.82, 2.24) is 5.32 Å². The predicted octanol–water partition coefficient (Wildman–Crippen LogP) is 1.94. The van der Waals surface area contributed by atoms with Gasteiger partial charge in [0.2, 0.25) is 0 Å². The van der Waals surface area contributed by atoms with Gasteiger partial charge in [0.25, 0.3) is 0 Å². The molecule has 0 saturated heterocycles. The van der Waals surface area contributed by atoms with Crippen molar-refractivity contribution in [2.24, 2.45) is 0 Å². The molecular weight excluding hydrogens is 246 g/mol. The second kappa shape index (κ2) is 9.33. The van der Waals surface area contributed by atoms with Gasteiger partial charge in [-0.1, -0.05) is 0 Å². The minimum atomic E-state index is -0.352. The van der Waals surface area contributed by atoms with Gasteiger partial charge in [-0.05, 0) is 27.7 Å². The molecule has 5 nitrogen and oxygen atoms in total. The first kappa shape index (κ1) is 17.4.